The second kappa shape index (κ2) is 3.31. The van der Waals surface area contributed by atoms with Crippen LogP contribution in [0.25, 0.3) is 0 Å². The van der Waals surface area contributed by atoms with Crippen molar-refractivity contribution in [2.24, 2.45) is 0 Å². The summed E-state index contributed by atoms with van der Waals surface area (Å²) in [5.41, 5.74) is 2.73. The van der Waals surface area contributed by atoms with Crippen molar-refractivity contribution < 1.29 is 9.90 Å². The summed E-state index contributed by atoms with van der Waals surface area (Å²) in [7, 11) is 0. The van der Waals surface area contributed by atoms with E-state index in [1.165, 1.54) is 0 Å². The van der Waals surface area contributed by atoms with Crippen molar-refractivity contribution in [2.75, 3.05) is 0 Å². The fourth-order valence-corrected chi connectivity index (χ4v) is 1.70. The first-order valence-corrected chi connectivity index (χ1v) is 4.37. The Hall–Kier alpha value is -0.770. The summed E-state index contributed by atoms with van der Waals surface area (Å²) in [5.74, 6) is -0.808. The number of aliphatic carboxylic acids is 1. The molecule has 0 saturated heterocycles. The van der Waals surface area contributed by atoms with Gasteiger partial charge in [0.1, 0.15) is 0 Å². The zero-order valence-corrected chi connectivity index (χ0v) is 8.53. The maximum atomic E-state index is 10.4. The SMILES string of the molecule is Cc1[nH]c(C)c(CC(=O)O)c1Br. The highest BCUT2D eigenvalue weighted by Gasteiger charge is 2.12. The fourth-order valence-electron chi connectivity index (χ4n) is 1.16. The minimum absolute atomic E-state index is 0.0662. The second-order valence-corrected chi connectivity index (χ2v) is 3.53. The van der Waals surface area contributed by atoms with E-state index < -0.39 is 5.97 Å². The van der Waals surface area contributed by atoms with E-state index in [2.05, 4.69) is 20.9 Å². The normalized spacial score (nSPS) is 10.2. The van der Waals surface area contributed by atoms with Crippen LogP contribution in [0.15, 0.2) is 4.47 Å². The highest BCUT2D eigenvalue weighted by atomic mass is 79.9. The quantitative estimate of drug-likeness (QED) is 0.819. The number of aromatic amines is 1. The van der Waals surface area contributed by atoms with Crippen LogP contribution in [-0.4, -0.2) is 16.1 Å². The summed E-state index contributed by atoms with van der Waals surface area (Å²) in [6.45, 7) is 3.78. The molecule has 1 aromatic rings. The third kappa shape index (κ3) is 1.69. The van der Waals surface area contributed by atoms with Gasteiger partial charge in [-0.2, -0.15) is 0 Å². The molecule has 0 aliphatic carbocycles. The summed E-state index contributed by atoms with van der Waals surface area (Å²) in [5, 5.41) is 8.59. The number of hydrogen-bond acceptors (Lipinski definition) is 1. The summed E-state index contributed by atoms with van der Waals surface area (Å²) < 4.78 is 0.877. The molecule has 1 aromatic heterocycles. The van der Waals surface area contributed by atoms with E-state index in [4.69, 9.17) is 5.11 Å². The maximum absolute atomic E-state index is 10.4. The Balaban J connectivity index is 3.05. The van der Waals surface area contributed by atoms with Gasteiger partial charge in [0.05, 0.1) is 6.42 Å². The van der Waals surface area contributed by atoms with Crippen LogP contribution in [0.4, 0.5) is 0 Å². The average molecular weight is 232 g/mol. The van der Waals surface area contributed by atoms with Crippen molar-refractivity contribution in [1.29, 1.82) is 0 Å². The second-order valence-electron chi connectivity index (χ2n) is 2.74. The smallest absolute Gasteiger partial charge is 0.307 e. The first kappa shape index (κ1) is 9.32. The number of carboxylic acid groups (broad SMARTS) is 1. The molecule has 0 atom stereocenters. The standard InChI is InChI=1S/C8H10BrNO2/c1-4-6(3-7(11)12)8(9)5(2)10-4/h10H,3H2,1-2H3,(H,11,12). The van der Waals surface area contributed by atoms with Crippen molar-refractivity contribution in [3.05, 3.63) is 21.4 Å². The minimum Gasteiger partial charge on any atom is -0.481 e. The van der Waals surface area contributed by atoms with Gasteiger partial charge in [0.15, 0.2) is 0 Å². The van der Waals surface area contributed by atoms with Crippen LogP contribution in [-0.2, 0) is 11.2 Å². The lowest BCUT2D eigenvalue weighted by atomic mass is 10.2. The number of nitrogens with one attached hydrogen (secondary N) is 1. The van der Waals surface area contributed by atoms with Crippen molar-refractivity contribution >= 4 is 21.9 Å². The largest absolute Gasteiger partial charge is 0.481 e. The molecule has 0 unspecified atom stereocenters. The van der Waals surface area contributed by atoms with Gasteiger partial charge in [-0.15, -0.1) is 0 Å². The first-order chi connectivity index (χ1) is 5.52. The summed E-state index contributed by atoms with van der Waals surface area (Å²) in [4.78, 5) is 13.5. The molecule has 0 amide bonds. The van der Waals surface area contributed by atoms with Crippen molar-refractivity contribution in [3.63, 3.8) is 0 Å². The molecule has 2 N–H and O–H groups in total. The molecule has 0 aromatic carbocycles. The van der Waals surface area contributed by atoms with Gasteiger partial charge in [-0.25, -0.2) is 0 Å². The van der Waals surface area contributed by atoms with Gasteiger partial charge in [0.25, 0.3) is 0 Å². The topological polar surface area (TPSA) is 53.1 Å². The van der Waals surface area contributed by atoms with Crippen LogP contribution in [0.5, 0.6) is 0 Å². The monoisotopic (exact) mass is 231 g/mol. The number of hydrogen-bond donors (Lipinski definition) is 2. The van der Waals surface area contributed by atoms with Crippen molar-refractivity contribution in [2.45, 2.75) is 20.3 Å². The number of rotatable bonds is 2. The van der Waals surface area contributed by atoms with E-state index in [0.29, 0.717) is 0 Å². The van der Waals surface area contributed by atoms with Gasteiger partial charge in [-0.1, -0.05) is 0 Å². The molecule has 0 aliphatic rings. The lowest BCUT2D eigenvalue weighted by Gasteiger charge is -1.95. The van der Waals surface area contributed by atoms with Gasteiger partial charge < -0.3 is 10.1 Å². The minimum atomic E-state index is -0.808. The van der Waals surface area contributed by atoms with E-state index in [1.54, 1.807) is 0 Å². The third-order valence-electron chi connectivity index (χ3n) is 1.75. The zero-order valence-electron chi connectivity index (χ0n) is 6.94. The number of aryl methyl sites for hydroxylation is 2. The predicted octanol–water partition coefficient (Wildman–Crippen LogP) is 2.02. The van der Waals surface area contributed by atoms with Gasteiger partial charge in [-0.3, -0.25) is 4.79 Å². The Bertz CT molecular complexity index is 317. The van der Waals surface area contributed by atoms with Crippen LogP contribution < -0.4 is 0 Å². The molecule has 1 rings (SSSR count). The molecule has 0 radical (unpaired) electrons. The van der Waals surface area contributed by atoms with E-state index in [0.717, 1.165) is 21.4 Å². The summed E-state index contributed by atoms with van der Waals surface area (Å²) in [6.07, 6.45) is 0.0662. The molecule has 4 heteroatoms. The van der Waals surface area contributed by atoms with E-state index in [-0.39, 0.29) is 6.42 Å². The number of halogens is 1. The highest BCUT2D eigenvalue weighted by Crippen LogP contribution is 2.24. The van der Waals surface area contributed by atoms with Gasteiger partial charge in [0, 0.05) is 15.9 Å². The Labute approximate surface area is 78.9 Å². The van der Waals surface area contributed by atoms with Crippen LogP contribution >= 0.6 is 15.9 Å². The third-order valence-corrected chi connectivity index (χ3v) is 2.82. The molecule has 0 aliphatic heterocycles. The van der Waals surface area contributed by atoms with Crippen LogP contribution in [0, 0.1) is 13.8 Å². The molecule has 12 heavy (non-hydrogen) atoms. The fraction of sp³-hybridized carbons (Fsp3) is 0.375. The molecular weight excluding hydrogens is 222 g/mol. The van der Waals surface area contributed by atoms with Crippen molar-refractivity contribution in [1.82, 2.24) is 4.98 Å². The average Bonchev–Trinajstić information content (AvgIpc) is 2.16. The molecule has 66 valence electrons. The van der Waals surface area contributed by atoms with E-state index in [9.17, 15) is 4.79 Å². The Kier molecular flexibility index (Phi) is 2.57. The Morgan fingerprint density at radius 1 is 1.50 bits per heavy atom. The molecule has 0 bridgehead atoms. The summed E-state index contributed by atoms with van der Waals surface area (Å²) >= 11 is 3.33. The van der Waals surface area contributed by atoms with Crippen LogP contribution in [0.1, 0.15) is 17.0 Å². The number of H-pyrrole nitrogens is 1. The number of aromatic nitrogens is 1. The van der Waals surface area contributed by atoms with Gasteiger partial charge in [-0.05, 0) is 35.3 Å². The van der Waals surface area contributed by atoms with Crippen molar-refractivity contribution in [3.8, 4) is 0 Å². The predicted molar refractivity (Wildman–Crippen MR) is 49.3 cm³/mol. The molecule has 0 fully saturated rings. The maximum Gasteiger partial charge on any atom is 0.307 e. The summed E-state index contributed by atoms with van der Waals surface area (Å²) in [6, 6.07) is 0. The van der Waals surface area contributed by atoms with Gasteiger partial charge >= 0.3 is 5.97 Å². The van der Waals surface area contributed by atoms with Crippen LogP contribution in [0.2, 0.25) is 0 Å². The zero-order chi connectivity index (χ0) is 9.30. The van der Waals surface area contributed by atoms with E-state index in [1.807, 2.05) is 13.8 Å². The molecule has 3 nitrogen and oxygen atoms in total. The van der Waals surface area contributed by atoms with E-state index >= 15 is 0 Å². The van der Waals surface area contributed by atoms with Crippen LogP contribution in [0.3, 0.4) is 0 Å². The first-order valence-electron chi connectivity index (χ1n) is 3.57. The molecule has 0 saturated carbocycles. The molecular formula is C8H10BrNO2. The lowest BCUT2D eigenvalue weighted by Crippen LogP contribution is -2.00. The lowest BCUT2D eigenvalue weighted by molar-refractivity contribution is -0.136. The Morgan fingerprint density at radius 2 is 2.08 bits per heavy atom. The highest BCUT2D eigenvalue weighted by molar-refractivity contribution is 9.10. The Morgan fingerprint density at radius 3 is 2.42 bits per heavy atom. The number of carbonyl (C=O) groups is 1. The number of carboxylic acids is 1. The van der Waals surface area contributed by atoms with Gasteiger partial charge in [0.2, 0.25) is 0 Å². The molecule has 1 heterocycles. The molecule has 0 spiro atoms.